The molecule has 5 rings (SSSR count). The van der Waals surface area contributed by atoms with E-state index in [-0.39, 0.29) is 17.6 Å². The van der Waals surface area contributed by atoms with Crippen molar-refractivity contribution < 1.29 is 22.7 Å². The molecule has 0 unspecified atom stereocenters. The van der Waals surface area contributed by atoms with Crippen molar-refractivity contribution in [1.82, 2.24) is 9.29 Å². The molecule has 1 N–H and O–H groups in total. The molecule has 0 saturated carbocycles. The third-order valence-corrected chi connectivity index (χ3v) is 8.59. The fraction of sp³-hybridized carbons (Fsp3) is 0.333. The summed E-state index contributed by atoms with van der Waals surface area (Å²) < 4.78 is 38.4. The van der Waals surface area contributed by atoms with Gasteiger partial charge in [-0.25, -0.2) is 13.4 Å². The highest BCUT2D eigenvalue weighted by molar-refractivity contribution is 7.89. The number of amides is 1. The number of benzene rings is 2. The minimum atomic E-state index is -3.59. The number of hydrogen-bond donors (Lipinski definition) is 1. The molecule has 3 aromatic rings. The molecule has 178 valence electrons. The van der Waals surface area contributed by atoms with Crippen molar-refractivity contribution >= 4 is 32.4 Å². The van der Waals surface area contributed by atoms with Crippen molar-refractivity contribution in [3.05, 3.63) is 53.4 Å². The molecule has 10 heteroatoms. The van der Waals surface area contributed by atoms with Crippen LogP contribution >= 0.6 is 11.3 Å². The van der Waals surface area contributed by atoms with Gasteiger partial charge in [-0.15, -0.1) is 11.3 Å². The van der Waals surface area contributed by atoms with E-state index in [1.807, 2.05) is 23.6 Å². The second-order valence-electron chi connectivity index (χ2n) is 8.85. The minimum Gasteiger partial charge on any atom is -0.454 e. The van der Waals surface area contributed by atoms with Crippen LogP contribution in [0.1, 0.15) is 30.6 Å². The predicted octanol–water partition coefficient (Wildman–Crippen LogP) is 4.46. The van der Waals surface area contributed by atoms with Crippen LogP contribution in [0.3, 0.4) is 0 Å². The van der Waals surface area contributed by atoms with E-state index in [1.54, 1.807) is 4.31 Å². The maximum atomic E-state index is 13.1. The van der Waals surface area contributed by atoms with E-state index < -0.39 is 10.0 Å². The number of hydrogen-bond acceptors (Lipinski definition) is 7. The Morgan fingerprint density at radius 1 is 1.06 bits per heavy atom. The van der Waals surface area contributed by atoms with E-state index >= 15 is 0 Å². The van der Waals surface area contributed by atoms with Gasteiger partial charge in [0, 0.05) is 29.6 Å². The number of piperidine rings is 1. The molecule has 3 heterocycles. The van der Waals surface area contributed by atoms with E-state index in [0.717, 1.165) is 12.0 Å². The van der Waals surface area contributed by atoms with Gasteiger partial charge < -0.3 is 9.47 Å². The van der Waals surface area contributed by atoms with E-state index in [4.69, 9.17) is 9.47 Å². The summed E-state index contributed by atoms with van der Waals surface area (Å²) in [6.07, 6.45) is 1.03. The molecule has 0 spiro atoms. The van der Waals surface area contributed by atoms with Crippen LogP contribution in [0.2, 0.25) is 0 Å². The predicted molar refractivity (Wildman–Crippen MR) is 130 cm³/mol. The molecule has 2 atom stereocenters. The lowest BCUT2D eigenvalue weighted by molar-refractivity contribution is 0.102. The summed E-state index contributed by atoms with van der Waals surface area (Å²) in [4.78, 5) is 17.4. The number of carbonyl (C=O) groups is 1. The van der Waals surface area contributed by atoms with Crippen molar-refractivity contribution in [3.63, 3.8) is 0 Å². The second kappa shape index (κ2) is 9.01. The number of rotatable bonds is 5. The number of sulfonamides is 1. The Morgan fingerprint density at radius 3 is 2.50 bits per heavy atom. The number of fused-ring (bicyclic) bond motifs is 1. The van der Waals surface area contributed by atoms with Crippen molar-refractivity contribution in [2.75, 3.05) is 25.2 Å². The molecule has 0 bridgehead atoms. The van der Waals surface area contributed by atoms with Crippen molar-refractivity contribution in [2.45, 2.75) is 25.2 Å². The van der Waals surface area contributed by atoms with Crippen LogP contribution in [0.25, 0.3) is 11.3 Å². The van der Waals surface area contributed by atoms with Gasteiger partial charge in [-0.1, -0.05) is 13.8 Å². The zero-order valence-corrected chi connectivity index (χ0v) is 20.5. The van der Waals surface area contributed by atoms with Crippen LogP contribution < -0.4 is 14.8 Å². The van der Waals surface area contributed by atoms with Crippen LogP contribution in [-0.4, -0.2) is 43.5 Å². The summed E-state index contributed by atoms with van der Waals surface area (Å²) in [6, 6.07) is 11.6. The SMILES string of the molecule is C[C@@H]1C[C@@H](C)CN(S(=O)(=O)c2ccc(C(=O)Nc3nc(-c4ccc5c(c4)OCO5)cs3)cc2)C1. The number of nitrogens with one attached hydrogen (secondary N) is 1. The zero-order valence-electron chi connectivity index (χ0n) is 18.9. The maximum absolute atomic E-state index is 13.1. The number of ether oxygens (including phenoxy) is 2. The first-order valence-corrected chi connectivity index (χ1v) is 13.4. The maximum Gasteiger partial charge on any atom is 0.257 e. The Bertz CT molecular complexity index is 1310. The summed E-state index contributed by atoms with van der Waals surface area (Å²) >= 11 is 1.31. The standard InChI is InChI=1S/C24H25N3O5S2/c1-15-9-16(2)12-27(11-15)34(29,30)19-6-3-17(4-7-19)23(28)26-24-25-20(13-33-24)18-5-8-21-22(10-18)32-14-31-21/h3-8,10,13,15-16H,9,11-12,14H2,1-2H3,(H,25,26,28)/t15-,16-/m1/s1. The third kappa shape index (κ3) is 4.53. The van der Waals surface area contributed by atoms with Crippen LogP contribution in [0, 0.1) is 11.8 Å². The molecular formula is C24H25N3O5S2. The third-order valence-electron chi connectivity index (χ3n) is 5.98. The van der Waals surface area contributed by atoms with Crippen LogP contribution in [0.5, 0.6) is 11.5 Å². The summed E-state index contributed by atoms with van der Waals surface area (Å²) in [6.45, 7) is 5.38. The fourth-order valence-electron chi connectivity index (χ4n) is 4.42. The van der Waals surface area contributed by atoms with Gasteiger partial charge >= 0.3 is 0 Å². The molecule has 0 aliphatic carbocycles. The molecule has 1 aromatic heterocycles. The van der Waals surface area contributed by atoms with Gasteiger partial charge in [0.15, 0.2) is 16.6 Å². The molecule has 1 amide bonds. The lowest BCUT2D eigenvalue weighted by atomic mass is 9.94. The Kier molecular flexibility index (Phi) is 6.05. The van der Waals surface area contributed by atoms with Gasteiger partial charge in [-0.2, -0.15) is 4.31 Å². The molecular weight excluding hydrogens is 474 g/mol. The van der Waals surface area contributed by atoms with Crippen LogP contribution in [0.4, 0.5) is 5.13 Å². The van der Waals surface area contributed by atoms with Gasteiger partial charge in [-0.3, -0.25) is 10.1 Å². The average molecular weight is 500 g/mol. The Balaban J connectivity index is 1.27. The number of nitrogens with zero attached hydrogens (tertiary/aromatic N) is 2. The summed E-state index contributed by atoms with van der Waals surface area (Å²) in [5, 5.41) is 5.09. The Hall–Kier alpha value is -2.95. The highest BCUT2D eigenvalue weighted by Crippen LogP contribution is 2.36. The number of anilines is 1. The van der Waals surface area contributed by atoms with Crippen LogP contribution in [-0.2, 0) is 10.0 Å². The first kappa shape index (κ1) is 22.8. The minimum absolute atomic E-state index is 0.199. The molecule has 2 aliphatic rings. The number of aromatic nitrogens is 1. The molecule has 2 aliphatic heterocycles. The van der Waals surface area contributed by atoms with Crippen molar-refractivity contribution in [2.24, 2.45) is 11.8 Å². The molecule has 34 heavy (non-hydrogen) atoms. The van der Waals surface area contributed by atoms with Gasteiger partial charge in [0.05, 0.1) is 10.6 Å². The molecule has 8 nitrogen and oxygen atoms in total. The molecule has 1 fully saturated rings. The lowest BCUT2D eigenvalue weighted by Crippen LogP contribution is -2.42. The highest BCUT2D eigenvalue weighted by atomic mass is 32.2. The molecule has 0 radical (unpaired) electrons. The monoisotopic (exact) mass is 499 g/mol. The lowest BCUT2D eigenvalue weighted by Gasteiger charge is -2.34. The summed E-state index contributed by atoms with van der Waals surface area (Å²) in [5.41, 5.74) is 1.93. The van der Waals surface area contributed by atoms with Crippen LogP contribution in [0.15, 0.2) is 52.7 Å². The summed E-state index contributed by atoms with van der Waals surface area (Å²) in [5.74, 6) is 1.66. The highest BCUT2D eigenvalue weighted by Gasteiger charge is 2.31. The van der Waals surface area contributed by atoms with E-state index in [0.29, 0.717) is 52.8 Å². The van der Waals surface area contributed by atoms with Crippen molar-refractivity contribution in [1.29, 1.82) is 0 Å². The molecule has 2 aromatic carbocycles. The normalized spacial score (nSPS) is 20.3. The van der Waals surface area contributed by atoms with Gasteiger partial charge in [-0.05, 0) is 60.7 Å². The molecule has 1 saturated heterocycles. The smallest absolute Gasteiger partial charge is 0.257 e. The first-order chi connectivity index (χ1) is 16.3. The van der Waals surface area contributed by atoms with E-state index in [2.05, 4.69) is 24.1 Å². The largest absolute Gasteiger partial charge is 0.454 e. The first-order valence-electron chi connectivity index (χ1n) is 11.1. The quantitative estimate of drug-likeness (QED) is 0.557. The van der Waals surface area contributed by atoms with Gasteiger partial charge in [0.2, 0.25) is 16.8 Å². The topological polar surface area (TPSA) is 97.8 Å². The zero-order chi connectivity index (χ0) is 23.9. The number of thiazole rings is 1. The van der Waals surface area contributed by atoms with Crippen molar-refractivity contribution in [3.8, 4) is 22.8 Å². The van der Waals surface area contributed by atoms with Gasteiger partial charge in [0.25, 0.3) is 5.91 Å². The van der Waals surface area contributed by atoms with Gasteiger partial charge in [0.1, 0.15) is 0 Å². The average Bonchev–Trinajstić information content (AvgIpc) is 3.47. The number of carbonyl (C=O) groups excluding carboxylic acids is 1. The Labute approximate surface area is 202 Å². The second-order valence-corrected chi connectivity index (χ2v) is 11.6. The fourth-order valence-corrected chi connectivity index (χ4v) is 6.81. The van der Waals surface area contributed by atoms with E-state index in [9.17, 15) is 13.2 Å². The van der Waals surface area contributed by atoms with E-state index in [1.165, 1.54) is 35.6 Å². The summed E-state index contributed by atoms with van der Waals surface area (Å²) in [7, 11) is -3.59. The Morgan fingerprint density at radius 2 is 1.76 bits per heavy atom.